The summed E-state index contributed by atoms with van der Waals surface area (Å²) in [7, 11) is 0. The predicted octanol–water partition coefficient (Wildman–Crippen LogP) is 2.69. The van der Waals surface area contributed by atoms with Crippen LogP contribution in [0.5, 0.6) is 0 Å². The van der Waals surface area contributed by atoms with Crippen LogP contribution in [-0.2, 0) is 20.7 Å². The van der Waals surface area contributed by atoms with Gasteiger partial charge in [0.05, 0.1) is 13.2 Å². The summed E-state index contributed by atoms with van der Waals surface area (Å²) in [4.78, 5) is 14.3. The molecule has 2 fully saturated rings. The molecule has 1 spiro atoms. The Bertz CT molecular complexity index is 761. The van der Waals surface area contributed by atoms with Crippen LogP contribution in [0.25, 0.3) is 11.5 Å². The topological polar surface area (TPSA) is 77.7 Å². The molecule has 3 heterocycles. The van der Waals surface area contributed by atoms with Crippen molar-refractivity contribution < 1.29 is 18.7 Å². The molecule has 2 aliphatic heterocycles. The highest BCUT2D eigenvalue weighted by atomic mass is 35.5. The second-order valence-electron chi connectivity index (χ2n) is 6.50. The van der Waals surface area contributed by atoms with Gasteiger partial charge in [-0.05, 0) is 24.3 Å². The fourth-order valence-corrected chi connectivity index (χ4v) is 3.44. The Balaban J connectivity index is 1.29. The number of benzene rings is 1. The molecule has 7 nitrogen and oxygen atoms in total. The first-order valence-corrected chi connectivity index (χ1v) is 9.15. The molecule has 2 saturated heterocycles. The zero-order valence-electron chi connectivity index (χ0n) is 14.3. The van der Waals surface area contributed by atoms with E-state index in [1.807, 2.05) is 17.0 Å². The van der Waals surface area contributed by atoms with Gasteiger partial charge < -0.3 is 18.8 Å². The first kappa shape index (κ1) is 17.5. The monoisotopic (exact) mass is 377 g/mol. The summed E-state index contributed by atoms with van der Waals surface area (Å²) in [6.07, 6.45) is 2.21. The van der Waals surface area contributed by atoms with E-state index in [2.05, 4.69) is 10.2 Å². The maximum Gasteiger partial charge on any atom is 0.247 e. The normalized spacial score (nSPS) is 19.2. The predicted molar refractivity (Wildman–Crippen MR) is 93.5 cm³/mol. The van der Waals surface area contributed by atoms with E-state index in [4.69, 9.17) is 25.5 Å². The Morgan fingerprint density at radius 3 is 2.50 bits per heavy atom. The molecule has 0 unspecified atom stereocenters. The second-order valence-corrected chi connectivity index (χ2v) is 6.93. The van der Waals surface area contributed by atoms with Crippen molar-refractivity contribution in [2.24, 2.45) is 0 Å². The van der Waals surface area contributed by atoms with Gasteiger partial charge in [-0.25, -0.2) is 0 Å². The highest BCUT2D eigenvalue weighted by molar-refractivity contribution is 6.30. The molecule has 0 radical (unpaired) electrons. The van der Waals surface area contributed by atoms with Crippen LogP contribution in [0.15, 0.2) is 28.7 Å². The van der Waals surface area contributed by atoms with Gasteiger partial charge >= 0.3 is 0 Å². The number of carbonyl (C=O) groups is 1. The molecule has 2 aromatic rings. The third kappa shape index (κ3) is 3.75. The number of amides is 1. The van der Waals surface area contributed by atoms with Crippen LogP contribution in [0, 0.1) is 0 Å². The molecule has 1 aromatic carbocycles. The summed E-state index contributed by atoms with van der Waals surface area (Å²) in [6.45, 7) is 2.58. The van der Waals surface area contributed by atoms with Gasteiger partial charge in [0, 0.05) is 49.4 Å². The number of hydrogen-bond acceptors (Lipinski definition) is 6. The number of halogens is 1. The number of nitrogens with zero attached hydrogens (tertiary/aromatic N) is 3. The summed E-state index contributed by atoms with van der Waals surface area (Å²) in [5.41, 5.74) is 0.803. The van der Waals surface area contributed by atoms with Crippen molar-refractivity contribution in [3.05, 3.63) is 35.2 Å². The lowest BCUT2D eigenvalue weighted by Crippen LogP contribution is -2.47. The van der Waals surface area contributed by atoms with E-state index in [1.165, 1.54) is 0 Å². The Labute approximate surface area is 156 Å². The molecule has 8 heteroatoms. The van der Waals surface area contributed by atoms with Crippen LogP contribution < -0.4 is 0 Å². The number of ether oxygens (including phenoxy) is 2. The minimum absolute atomic E-state index is 0.0871. The molecule has 0 saturated carbocycles. The molecule has 0 atom stereocenters. The van der Waals surface area contributed by atoms with E-state index >= 15 is 0 Å². The van der Waals surface area contributed by atoms with E-state index in [0.717, 1.165) is 18.4 Å². The van der Waals surface area contributed by atoms with Crippen molar-refractivity contribution in [3.63, 3.8) is 0 Å². The van der Waals surface area contributed by atoms with Gasteiger partial charge in [-0.3, -0.25) is 4.79 Å². The molecule has 138 valence electrons. The standard InChI is InChI=1S/C18H20ClN3O4/c19-14-3-1-13(2-4-14)17-21-20-15(26-17)5-6-16(23)22-9-7-18(8-10-22)24-11-12-25-18/h1-4H,5-12H2. The molecule has 26 heavy (non-hydrogen) atoms. The summed E-state index contributed by atoms with van der Waals surface area (Å²) in [5, 5.41) is 8.72. The summed E-state index contributed by atoms with van der Waals surface area (Å²) in [6, 6.07) is 7.18. The van der Waals surface area contributed by atoms with Crippen molar-refractivity contribution in [1.29, 1.82) is 0 Å². The van der Waals surface area contributed by atoms with Crippen molar-refractivity contribution in [2.75, 3.05) is 26.3 Å². The smallest absolute Gasteiger partial charge is 0.247 e. The fraction of sp³-hybridized carbons (Fsp3) is 0.500. The number of carbonyl (C=O) groups excluding carboxylic acids is 1. The maximum absolute atomic E-state index is 12.4. The van der Waals surface area contributed by atoms with Crippen molar-refractivity contribution in [3.8, 4) is 11.5 Å². The van der Waals surface area contributed by atoms with Crippen LogP contribution >= 0.6 is 11.6 Å². The Morgan fingerprint density at radius 2 is 1.81 bits per heavy atom. The van der Waals surface area contributed by atoms with Gasteiger partial charge in [0.2, 0.25) is 17.7 Å². The van der Waals surface area contributed by atoms with Gasteiger partial charge in [0.25, 0.3) is 0 Å². The van der Waals surface area contributed by atoms with Crippen LogP contribution in [-0.4, -0.2) is 53.1 Å². The number of rotatable bonds is 4. The zero-order chi connectivity index (χ0) is 18.0. The van der Waals surface area contributed by atoms with E-state index in [-0.39, 0.29) is 5.91 Å². The molecule has 4 rings (SSSR count). The number of piperidine rings is 1. The molecule has 0 bridgehead atoms. The van der Waals surface area contributed by atoms with Crippen LogP contribution in [0.3, 0.4) is 0 Å². The zero-order valence-corrected chi connectivity index (χ0v) is 15.1. The quantitative estimate of drug-likeness (QED) is 0.815. The SMILES string of the molecule is O=C(CCc1nnc(-c2ccc(Cl)cc2)o1)N1CCC2(CC1)OCCO2. The van der Waals surface area contributed by atoms with E-state index in [0.29, 0.717) is 55.9 Å². The lowest BCUT2D eigenvalue weighted by atomic mass is 10.0. The number of aryl methyl sites for hydroxylation is 1. The van der Waals surface area contributed by atoms with Gasteiger partial charge in [-0.2, -0.15) is 0 Å². The lowest BCUT2D eigenvalue weighted by Gasteiger charge is -2.37. The number of aromatic nitrogens is 2. The highest BCUT2D eigenvalue weighted by Crippen LogP contribution is 2.31. The van der Waals surface area contributed by atoms with Gasteiger partial charge in [-0.1, -0.05) is 11.6 Å². The molecule has 2 aliphatic rings. The maximum atomic E-state index is 12.4. The van der Waals surface area contributed by atoms with E-state index in [9.17, 15) is 4.79 Å². The van der Waals surface area contributed by atoms with Crippen LogP contribution in [0.2, 0.25) is 5.02 Å². The Morgan fingerprint density at radius 1 is 1.12 bits per heavy atom. The highest BCUT2D eigenvalue weighted by Gasteiger charge is 2.40. The molecule has 0 aliphatic carbocycles. The Hall–Kier alpha value is -1.96. The van der Waals surface area contributed by atoms with Crippen LogP contribution in [0.1, 0.15) is 25.2 Å². The molecule has 1 aromatic heterocycles. The first-order valence-electron chi connectivity index (χ1n) is 8.78. The minimum atomic E-state index is -0.462. The third-order valence-corrected chi connectivity index (χ3v) is 5.05. The van der Waals surface area contributed by atoms with E-state index in [1.54, 1.807) is 12.1 Å². The largest absolute Gasteiger partial charge is 0.421 e. The third-order valence-electron chi connectivity index (χ3n) is 4.80. The Kier molecular flexibility index (Phi) is 4.93. The first-order chi connectivity index (χ1) is 12.6. The summed E-state index contributed by atoms with van der Waals surface area (Å²) in [5.74, 6) is 0.513. The van der Waals surface area contributed by atoms with Crippen molar-refractivity contribution in [2.45, 2.75) is 31.5 Å². The van der Waals surface area contributed by atoms with Gasteiger partial charge in [-0.15, -0.1) is 10.2 Å². The number of likely N-dealkylation sites (tertiary alicyclic amines) is 1. The van der Waals surface area contributed by atoms with Crippen molar-refractivity contribution >= 4 is 17.5 Å². The van der Waals surface area contributed by atoms with Gasteiger partial charge in [0.15, 0.2) is 5.79 Å². The number of hydrogen-bond donors (Lipinski definition) is 0. The van der Waals surface area contributed by atoms with Crippen LogP contribution in [0.4, 0.5) is 0 Å². The second kappa shape index (κ2) is 7.34. The average molecular weight is 378 g/mol. The minimum Gasteiger partial charge on any atom is -0.421 e. The van der Waals surface area contributed by atoms with Crippen molar-refractivity contribution in [1.82, 2.24) is 15.1 Å². The molecule has 0 N–H and O–H groups in total. The average Bonchev–Trinajstić information content (AvgIpc) is 3.31. The van der Waals surface area contributed by atoms with Gasteiger partial charge in [0.1, 0.15) is 0 Å². The molecular formula is C18H20ClN3O4. The summed E-state index contributed by atoms with van der Waals surface area (Å²) < 4.78 is 17.0. The summed E-state index contributed by atoms with van der Waals surface area (Å²) >= 11 is 5.88. The van der Waals surface area contributed by atoms with E-state index < -0.39 is 5.79 Å². The molecular weight excluding hydrogens is 358 g/mol. The lowest BCUT2D eigenvalue weighted by molar-refractivity contribution is -0.187. The molecule has 1 amide bonds. The fourth-order valence-electron chi connectivity index (χ4n) is 3.32.